The highest BCUT2D eigenvalue weighted by molar-refractivity contribution is 5.88. The molecule has 0 unspecified atom stereocenters. The standard InChI is InChI=1S/C28H22N4O7/c1-17-11-19(27(33)25(13-17)31(35)36)15-29-21-3-7-23(8-4-21)39-24-9-5-22(6-10-24)30-16-20-12-18(2)14-26(28(20)34)32(37)38/h3-16,33-34H,1-2H3. The van der Waals surface area contributed by atoms with Gasteiger partial charge in [0.15, 0.2) is 0 Å². The summed E-state index contributed by atoms with van der Waals surface area (Å²) in [5, 5.41) is 42.5. The molecule has 0 fully saturated rings. The Morgan fingerprint density at radius 2 is 1.03 bits per heavy atom. The van der Waals surface area contributed by atoms with Gasteiger partial charge in [-0.05, 0) is 85.6 Å². The Hall–Kier alpha value is -5.58. The number of aromatic hydroxyl groups is 2. The van der Waals surface area contributed by atoms with Gasteiger partial charge in [0.2, 0.25) is 11.5 Å². The fourth-order valence-corrected chi connectivity index (χ4v) is 3.67. The van der Waals surface area contributed by atoms with Gasteiger partial charge in [-0.2, -0.15) is 0 Å². The molecular formula is C28H22N4O7. The van der Waals surface area contributed by atoms with Crippen LogP contribution in [0, 0.1) is 34.1 Å². The highest BCUT2D eigenvalue weighted by Gasteiger charge is 2.18. The van der Waals surface area contributed by atoms with Crippen LogP contribution in [0.3, 0.4) is 0 Å². The van der Waals surface area contributed by atoms with Crippen LogP contribution in [0.2, 0.25) is 0 Å². The van der Waals surface area contributed by atoms with E-state index in [1.165, 1.54) is 24.6 Å². The van der Waals surface area contributed by atoms with Gasteiger partial charge in [0.25, 0.3) is 0 Å². The number of hydrogen-bond acceptors (Lipinski definition) is 9. The minimum Gasteiger partial charge on any atom is -0.502 e. The topological polar surface area (TPSA) is 161 Å². The number of nitro benzene ring substituents is 2. The molecule has 4 aromatic rings. The van der Waals surface area contributed by atoms with E-state index in [0.29, 0.717) is 34.0 Å². The Morgan fingerprint density at radius 1 is 0.667 bits per heavy atom. The molecule has 4 rings (SSSR count). The number of aryl methyl sites for hydroxylation is 2. The highest BCUT2D eigenvalue weighted by atomic mass is 16.6. The van der Waals surface area contributed by atoms with Crippen molar-refractivity contribution in [2.45, 2.75) is 13.8 Å². The van der Waals surface area contributed by atoms with E-state index in [2.05, 4.69) is 9.98 Å². The van der Waals surface area contributed by atoms with Crippen LogP contribution in [0.15, 0.2) is 82.8 Å². The van der Waals surface area contributed by atoms with E-state index in [1.807, 2.05) is 0 Å². The summed E-state index contributed by atoms with van der Waals surface area (Å²) in [6, 6.07) is 19.4. The minimum atomic E-state index is -0.645. The molecule has 0 radical (unpaired) electrons. The molecule has 0 atom stereocenters. The Balaban J connectivity index is 1.42. The molecule has 0 aliphatic carbocycles. The van der Waals surface area contributed by atoms with Crippen molar-refractivity contribution in [2.24, 2.45) is 9.98 Å². The van der Waals surface area contributed by atoms with E-state index in [0.717, 1.165) is 0 Å². The number of phenols is 2. The molecule has 0 aliphatic heterocycles. The van der Waals surface area contributed by atoms with Gasteiger partial charge >= 0.3 is 11.4 Å². The number of ether oxygens (including phenoxy) is 1. The number of rotatable bonds is 8. The predicted molar refractivity (Wildman–Crippen MR) is 146 cm³/mol. The fraction of sp³-hybridized carbons (Fsp3) is 0.0714. The number of hydrogen-bond donors (Lipinski definition) is 2. The second-order valence-electron chi connectivity index (χ2n) is 8.56. The lowest BCUT2D eigenvalue weighted by molar-refractivity contribution is -0.386. The Bertz CT molecular complexity index is 1490. The van der Waals surface area contributed by atoms with Crippen LogP contribution in [0.4, 0.5) is 22.7 Å². The summed E-state index contributed by atoms with van der Waals surface area (Å²) in [6.45, 7) is 3.38. The Kier molecular flexibility index (Phi) is 7.62. The van der Waals surface area contributed by atoms with Gasteiger partial charge in [-0.1, -0.05) is 0 Å². The van der Waals surface area contributed by atoms with Gasteiger partial charge in [0.1, 0.15) is 11.5 Å². The van der Waals surface area contributed by atoms with Gasteiger partial charge in [-0.25, -0.2) is 0 Å². The molecule has 0 aromatic heterocycles. The molecule has 2 N–H and O–H groups in total. The molecule has 4 aromatic carbocycles. The Morgan fingerprint density at radius 3 is 1.36 bits per heavy atom. The summed E-state index contributed by atoms with van der Waals surface area (Å²) < 4.78 is 5.83. The number of nitrogens with zero attached hydrogens (tertiary/aromatic N) is 4. The lowest BCUT2D eigenvalue weighted by atomic mass is 10.1. The van der Waals surface area contributed by atoms with E-state index < -0.39 is 21.3 Å². The first-order valence-corrected chi connectivity index (χ1v) is 11.5. The maximum atomic E-state index is 11.1. The molecule has 0 spiro atoms. The lowest BCUT2D eigenvalue weighted by Crippen LogP contribution is -1.93. The van der Waals surface area contributed by atoms with Crippen molar-refractivity contribution in [3.05, 3.63) is 115 Å². The molecule has 11 heteroatoms. The summed E-state index contributed by atoms with van der Waals surface area (Å²) in [7, 11) is 0. The van der Waals surface area contributed by atoms with Crippen molar-refractivity contribution in [1.82, 2.24) is 0 Å². The predicted octanol–water partition coefficient (Wildman–Crippen LogP) is 6.82. The minimum absolute atomic E-state index is 0.237. The zero-order valence-electron chi connectivity index (χ0n) is 20.8. The number of phenolic OH excluding ortho intramolecular Hbond substituents is 2. The second-order valence-corrected chi connectivity index (χ2v) is 8.56. The third kappa shape index (κ3) is 6.41. The first kappa shape index (κ1) is 26.5. The smallest absolute Gasteiger partial charge is 0.311 e. The van der Waals surface area contributed by atoms with Crippen LogP contribution in [-0.2, 0) is 0 Å². The van der Waals surface area contributed by atoms with Crippen LogP contribution < -0.4 is 4.74 Å². The van der Waals surface area contributed by atoms with Gasteiger partial charge in [0, 0.05) is 35.7 Å². The third-order valence-electron chi connectivity index (χ3n) is 5.54. The maximum absolute atomic E-state index is 11.1. The van der Waals surface area contributed by atoms with Crippen molar-refractivity contribution < 1.29 is 24.8 Å². The summed E-state index contributed by atoms with van der Waals surface area (Å²) in [4.78, 5) is 29.5. The average molecular weight is 527 g/mol. The average Bonchev–Trinajstić information content (AvgIpc) is 2.90. The zero-order chi connectivity index (χ0) is 28.1. The summed E-state index contributed by atoms with van der Waals surface area (Å²) in [5.41, 5.74) is 2.06. The molecule has 0 aliphatic rings. The van der Waals surface area contributed by atoms with Gasteiger partial charge in [-0.3, -0.25) is 30.2 Å². The van der Waals surface area contributed by atoms with E-state index >= 15 is 0 Å². The number of benzene rings is 4. The zero-order valence-corrected chi connectivity index (χ0v) is 20.8. The summed E-state index contributed by atoms with van der Waals surface area (Å²) in [6.07, 6.45) is 2.72. The fourth-order valence-electron chi connectivity index (χ4n) is 3.67. The van der Waals surface area contributed by atoms with Gasteiger partial charge in [-0.15, -0.1) is 0 Å². The summed E-state index contributed by atoms with van der Waals surface area (Å²) >= 11 is 0. The van der Waals surface area contributed by atoms with Crippen molar-refractivity contribution in [3.63, 3.8) is 0 Å². The van der Waals surface area contributed by atoms with E-state index in [-0.39, 0.29) is 22.5 Å². The molecule has 196 valence electrons. The van der Waals surface area contributed by atoms with E-state index in [1.54, 1.807) is 74.5 Å². The summed E-state index contributed by atoms with van der Waals surface area (Å²) in [5.74, 6) is 0.186. The van der Waals surface area contributed by atoms with Crippen molar-refractivity contribution in [2.75, 3.05) is 0 Å². The van der Waals surface area contributed by atoms with Crippen LogP contribution in [0.1, 0.15) is 22.3 Å². The van der Waals surface area contributed by atoms with Gasteiger partial charge < -0.3 is 14.9 Å². The lowest BCUT2D eigenvalue weighted by Gasteiger charge is -2.06. The monoisotopic (exact) mass is 526 g/mol. The normalized spacial score (nSPS) is 11.2. The first-order chi connectivity index (χ1) is 18.6. The molecule has 0 bridgehead atoms. The second kappa shape index (κ2) is 11.2. The van der Waals surface area contributed by atoms with Crippen molar-refractivity contribution in [1.29, 1.82) is 0 Å². The van der Waals surface area contributed by atoms with E-state index in [4.69, 9.17) is 4.74 Å². The maximum Gasteiger partial charge on any atom is 0.311 e. The SMILES string of the molecule is Cc1cc(C=Nc2ccc(Oc3ccc(N=Cc4cc(C)cc([N+](=O)[O-])c4O)cc3)cc2)c(O)c([N+](=O)[O-])c1. The molecule has 0 heterocycles. The largest absolute Gasteiger partial charge is 0.502 e. The molecule has 0 saturated heterocycles. The number of nitro groups is 2. The first-order valence-electron chi connectivity index (χ1n) is 11.5. The van der Waals surface area contributed by atoms with E-state index in [9.17, 15) is 30.4 Å². The highest BCUT2D eigenvalue weighted by Crippen LogP contribution is 2.32. The van der Waals surface area contributed by atoms with Crippen LogP contribution in [-0.4, -0.2) is 32.5 Å². The third-order valence-corrected chi connectivity index (χ3v) is 5.54. The van der Waals surface area contributed by atoms with Gasteiger partial charge in [0.05, 0.1) is 21.2 Å². The number of aliphatic imine (C=N–C) groups is 2. The van der Waals surface area contributed by atoms with Crippen molar-refractivity contribution >= 4 is 35.2 Å². The molecule has 0 amide bonds. The molecule has 0 saturated carbocycles. The van der Waals surface area contributed by atoms with Crippen LogP contribution in [0.5, 0.6) is 23.0 Å². The Labute approximate surface area is 222 Å². The molecule has 39 heavy (non-hydrogen) atoms. The molecular weight excluding hydrogens is 504 g/mol. The molecule has 11 nitrogen and oxygen atoms in total. The quantitative estimate of drug-likeness (QED) is 0.144. The van der Waals surface area contributed by atoms with Crippen LogP contribution in [0.25, 0.3) is 0 Å². The van der Waals surface area contributed by atoms with Crippen molar-refractivity contribution in [3.8, 4) is 23.0 Å². The van der Waals surface area contributed by atoms with Crippen LogP contribution >= 0.6 is 0 Å².